The highest BCUT2D eigenvalue weighted by molar-refractivity contribution is 4.97. The summed E-state index contributed by atoms with van der Waals surface area (Å²) in [6.07, 6.45) is 18.8. The van der Waals surface area contributed by atoms with Gasteiger partial charge in [-0.1, -0.05) is 90.3 Å². The van der Waals surface area contributed by atoms with Crippen LogP contribution in [0.15, 0.2) is 61.6 Å². The Hall–Kier alpha value is -1.94. The molecule has 0 bridgehead atoms. The second-order valence-electron chi connectivity index (χ2n) is 11.5. The predicted molar refractivity (Wildman–Crippen MR) is 190 cm³/mol. The average molecular weight is 645 g/mol. The van der Waals surface area contributed by atoms with Gasteiger partial charge in [-0.15, -0.1) is 6.58 Å². The summed E-state index contributed by atoms with van der Waals surface area (Å²) in [6, 6.07) is 0. The summed E-state index contributed by atoms with van der Waals surface area (Å²) >= 11 is 0. The first kappa shape index (κ1) is 49.9. The van der Waals surface area contributed by atoms with E-state index in [1.807, 2.05) is 13.0 Å². The van der Waals surface area contributed by atoms with Crippen molar-refractivity contribution in [2.45, 2.75) is 174 Å². The van der Waals surface area contributed by atoms with Gasteiger partial charge in [0.25, 0.3) is 0 Å². The molecule has 45 heavy (non-hydrogen) atoms. The minimum absolute atomic E-state index is 0.167. The summed E-state index contributed by atoms with van der Waals surface area (Å²) in [5, 5.41) is 72.3. The van der Waals surface area contributed by atoms with Crippen LogP contribution in [0.2, 0.25) is 0 Å². The normalized spacial score (nSPS) is 14.8. The summed E-state index contributed by atoms with van der Waals surface area (Å²) in [5.74, 6) is 0.167. The molecule has 0 radical (unpaired) electrons. The zero-order valence-electron chi connectivity index (χ0n) is 29.4. The highest BCUT2D eigenvalue weighted by atomic mass is 16.3. The molecule has 0 aromatic heterocycles. The smallest absolute Gasteiger partial charge is 0.0852 e. The van der Waals surface area contributed by atoms with Gasteiger partial charge in [0.05, 0.1) is 48.6 Å². The molecule has 0 aromatic rings. The summed E-state index contributed by atoms with van der Waals surface area (Å²) < 4.78 is 0. The fraction of sp³-hybridized carbons (Fsp3) is 0.730. The van der Waals surface area contributed by atoms with Crippen LogP contribution in [-0.2, 0) is 0 Å². The van der Waals surface area contributed by atoms with Crippen molar-refractivity contribution in [3.63, 3.8) is 0 Å². The Morgan fingerprint density at radius 2 is 1.24 bits per heavy atom. The Morgan fingerprint density at radius 3 is 1.69 bits per heavy atom. The lowest BCUT2D eigenvalue weighted by atomic mass is 10.0. The maximum absolute atomic E-state index is 9.40. The van der Waals surface area contributed by atoms with Gasteiger partial charge in [0.2, 0.25) is 0 Å². The van der Waals surface area contributed by atoms with Gasteiger partial charge in [0, 0.05) is 12.8 Å². The van der Waals surface area contributed by atoms with Crippen LogP contribution in [0.1, 0.15) is 137 Å². The fourth-order valence-corrected chi connectivity index (χ4v) is 3.57. The van der Waals surface area contributed by atoms with Crippen molar-refractivity contribution in [1.29, 1.82) is 0 Å². The molecule has 0 aliphatic carbocycles. The second-order valence-corrected chi connectivity index (χ2v) is 11.5. The Bertz CT molecular complexity index is 707. The molecule has 6 unspecified atom stereocenters. The first-order valence-corrected chi connectivity index (χ1v) is 16.9. The molecule has 0 aromatic carbocycles. The average Bonchev–Trinajstić information content (AvgIpc) is 3.00. The largest absolute Gasteiger partial charge is 0.516 e. The number of aliphatic hydroxyl groups is 8. The zero-order chi connectivity index (χ0) is 35.5. The Labute approximate surface area is 276 Å². The van der Waals surface area contributed by atoms with Crippen LogP contribution in [-0.4, -0.2) is 77.5 Å². The van der Waals surface area contributed by atoms with E-state index in [1.54, 1.807) is 6.92 Å². The van der Waals surface area contributed by atoms with Gasteiger partial charge < -0.3 is 40.9 Å². The second kappa shape index (κ2) is 38.2. The highest BCUT2D eigenvalue weighted by Crippen LogP contribution is 2.11. The molecular weight excluding hydrogens is 572 g/mol. The van der Waals surface area contributed by atoms with E-state index in [0.29, 0.717) is 32.1 Å². The van der Waals surface area contributed by atoms with Crippen molar-refractivity contribution in [3.05, 3.63) is 61.6 Å². The van der Waals surface area contributed by atoms with Crippen molar-refractivity contribution in [3.8, 4) is 0 Å². The molecule has 0 fully saturated rings. The monoisotopic (exact) mass is 645 g/mol. The molecule has 0 saturated heterocycles. The van der Waals surface area contributed by atoms with Crippen LogP contribution in [0.5, 0.6) is 0 Å². The molecule has 6 atom stereocenters. The molecule has 8 N–H and O–H groups in total. The number of unbranched alkanes of at least 4 members (excludes halogenated alkanes) is 2. The Balaban J connectivity index is -0.000000249. The highest BCUT2D eigenvalue weighted by Gasteiger charge is 2.11. The lowest BCUT2D eigenvalue weighted by Gasteiger charge is -2.14. The molecule has 0 spiro atoms. The van der Waals surface area contributed by atoms with E-state index in [4.69, 9.17) is 25.5 Å². The molecule has 0 heterocycles. The quantitative estimate of drug-likeness (QED) is 0.0411. The maximum Gasteiger partial charge on any atom is 0.0852 e. The van der Waals surface area contributed by atoms with Gasteiger partial charge in [-0.3, -0.25) is 0 Å². The molecule has 0 saturated carbocycles. The van der Waals surface area contributed by atoms with Crippen LogP contribution in [0.3, 0.4) is 0 Å². The number of hydrogen-bond acceptors (Lipinski definition) is 8. The fourth-order valence-electron chi connectivity index (χ4n) is 3.57. The Morgan fingerprint density at radius 1 is 0.689 bits per heavy atom. The minimum atomic E-state index is -0.545. The third-order valence-electron chi connectivity index (χ3n) is 6.73. The molecule has 8 nitrogen and oxygen atoms in total. The summed E-state index contributed by atoms with van der Waals surface area (Å²) in [4.78, 5) is 0. The van der Waals surface area contributed by atoms with Crippen LogP contribution >= 0.6 is 0 Å². The van der Waals surface area contributed by atoms with E-state index in [2.05, 4.69) is 46.6 Å². The minimum Gasteiger partial charge on any atom is -0.516 e. The summed E-state index contributed by atoms with van der Waals surface area (Å²) in [5.41, 5.74) is 0.727. The van der Waals surface area contributed by atoms with E-state index >= 15 is 0 Å². The zero-order valence-corrected chi connectivity index (χ0v) is 29.4. The van der Waals surface area contributed by atoms with E-state index in [1.165, 1.54) is 12.2 Å². The molecule has 0 amide bonds. The molecule has 0 rings (SSSR count). The van der Waals surface area contributed by atoms with Gasteiger partial charge in [0.1, 0.15) is 0 Å². The van der Waals surface area contributed by atoms with Gasteiger partial charge in [-0.25, -0.2) is 0 Å². The van der Waals surface area contributed by atoms with Crippen molar-refractivity contribution < 1.29 is 40.9 Å². The van der Waals surface area contributed by atoms with E-state index in [9.17, 15) is 15.3 Å². The first-order valence-electron chi connectivity index (χ1n) is 16.9. The van der Waals surface area contributed by atoms with E-state index in [-0.39, 0.29) is 24.1 Å². The van der Waals surface area contributed by atoms with Gasteiger partial charge in [-0.05, 0) is 77.2 Å². The van der Waals surface area contributed by atoms with E-state index in [0.717, 1.165) is 82.5 Å². The molecule has 0 aliphatic heterocycles. The van der Waals surface area contributed by atoms with E-state index < -0.39 is 18.3 Å². The van der Waals surface area contributed by atoms with Gasteiger partial charge in [0.15, 0.2) is 0 Å². The number of aliphatic hydroxyl groups excluding tert-OH is 8. The molecule has 0 aliphatic rings. The van der Waals surface area contributed by atoms with Gasteiger partial charge in [-0.2, -0.15) is 0 Å². The van der Waals surface area contributed by atoms with Crippen molar-refractivity contribution in [2.24, 2.45) is 0 Å². The number of hydrogen-bond donors (Lipinski definition) is 8. The summed E-state index contributed by atoms with van der Waals surface area (Å²) in [7, 11) is 0. The maximum atomic E-state index is 9.40. The Kier molecular flexibility index (Phi) is 42.4. The van der Waals surface area contributed by atoms with Crippen molar-refractivity contribution in [2.75, 3.05) is 0 Å². The van der Waals surface area contributed by atoms with Crippen LogP contribution in [0.4, 0.5) is 0 Å². The lowest BCUT2D eigenvalue weighted by molar-refractivity contribution is 0.0913. The predicted octanol–water partition coefficient (Wildman–Crippen LogP) is 7.89. The lowest BCUT2D eigenvalue weighted by Crippen LogP contribution is -2.18. The molecular formula is C37H72O8. The molecule has 8 heteroatoms. The third kappa shape index (κ3) is 46.6. The third-order valence-corrected chi connectivity index (χ3v) is 6.73. The molecule has 268 valence electrons. The van der Waals surface area contributed by atoms with Crippen molar-refractivity contribution >= 4 is 0 Å². The van der Waals surface area contributed by atoms with Crippen LogP contribution in [0, 0.1) is 0 Å². The summed E-state index contributed by atoms with van der Waals surface area (Å²) in [6.45, 7) is 20.4. The van der Waals surface area contributed by atoms with Gasteiger partial charge >= 0.3 is 0 Å². The standard InChI is InChI=1S/C10H20O2.2C9H18O2.C9H16O2/c1-4-5-6-9(11)7-10(12)8(2)3;1-3-4-5-9(11)7-6-8(2)10;1-3-8(10)6-5-7-9(11)4-2;1-2-3-4-5-6-9(11)7-8-10/h9-12H,2,4-7H2,1,3H3;9-11H,2-7H2,1H3;3,8-11H,1,4-7H2,2H3;3-4,7-11H,2,5-6H2,1H3. The first-order chi connectivity index (χ1) is 21.2. The number of allylic oxidation sites excluding steroid dienone is 3. The van der Waals surface area contributed by atoms with Crippen LogP contribution < -0.4 is 0 Å². The van der Waals surface area contributed by atoms with Crippen molar-refractivity contribution in [1.82, 2.24) is 0 Å². The SMILES string of the molecule is C=C(C)C(O)CC(O)CCCC.C=C(O)CCC(O)CCCC.C=CC(O)CCCC(O)CC.CCC=CCCC(O)C=CO. The number of rotatable bonds is 23. The topological polar surface area (TPSA) is 162 Å². The van der Waals surface area contributed by atoms with Crippen LogP contribution in [0.25, 0.3) is 0 Å².